The number of rotatable bonds is 3. The van der Waals surface area contributed by atoms with Gasteiger partial charge in [0.05, 0.1) is 12.8 Å². The molecule has 0 aliphatic heterocycles. The van der Waals surface area contributed by atoms with Crippen molar-refractivity contribution in [2.24, 2.45) is 10.7 Å². The van der Waals surface area contributed by atoms with Crippen LogP contribution in [0.5, 0.6) is 0 Å². The largest absolute Gasteiger partial charge is 0.461 e. The summed E-state index contributed by atoms with van der Waals surface area (Å²) in [6.07, 6.45) is 1.58. The number of halogens is 1. The van der Waals surface area contributed by atoms with Gasteiger partial charge in [0.1, 0.15) is 0 Å². The number of hydrogen-bond donors (Lipinski definition) is 1. The summed E-state index contributed by atoms with van der Waals surface area (Å²) in [6.45, 7) is 0.577. The van der Waals surface area contributed by atoms with E-state index in [2.05, 4.69) is 4.99 Å². The van der Waals surface area contributed by atoms with Crippen LogP contribution in [0, 0.1) is 0 Å². The first-order valence-electron chi connectivity index (χ1n) is 4.74. The fraction of sp³-hybridized carbons (Fsp3) is 0.0833. The van der Waals surface area contributed by atoms with E-state index in [1.807, 2.05) is 30.3 Å². The molecule has 0 atom stereocenters. The SMILES string of the molecule is Br.NC(=NCc1ccccc1)c1ccco1. The normalized spacial score (nSPS) is 10.9. The third-order valence-electron chi connectivity index (χ3n) is 2.05. The van der Waals surface area contributed by atoms with Crippen LogP contribution < -0.4 is 5.73 Å². The molecule has 0 aliphatic carbocycles. The van der Waals surface area contributed by atoms with Gasteiger partial charge in [-0.3, -0.25) is 4.99 Å². The first-order valence-corrected chi connectivity index (χ1v) is 4.74. The zero-order valence-corrected chi connectivity index (χ0v) is 10.4. The van der Waals surface area contributed by atoms with Crippen LogP contribution in [0.15, 0.2) is 58.1 Å². The van der Waals surface area contributed by atoms with Crippen LogP contribution in [0.3, 0.4) is 0 Å². The minimum Gasteiger partial charge on any atom is -0.461 e. The van der Waals surface area contributed by atoms with Crippen molar-refractivity contribution >= 4 is 22.8 Å². The molecule has 4 heteroatoms. The van der Waals surface area contributed by atoms with Crippen LogP contribution in [-0.2, 0) is 6.54 Å². The minimum absolute atomic E-state index is 0. The summed E-state index contributed by atoms with van der Waals surface area (Å²) in [5.74, 6) is 1.05. The molecule has 84 valence electrons. The van der Waals surface area contributed by atoms with Gasteiger partial charge in [0.2, 0.25) is 0 Å². The summed E-state index contributed by atoms with van der Waals surface area (Å²) < 4.78 is 5.13. The van der Waals surface area contributed by atoms with E-state index in [4.69, 9.17) is 10.2 Å². The lowest BCUT2D eigenvalue weighted by Gasteiger charge is -1.97. The Morgan fingerprint density at radius 2 is 1.88 bits per heavy atom. The van der Waals surface area contributed by atoms with Crippen LogP contribution in [0.25, 0.3) is 0 Å². The first-order chi connectivity index (χ1) is 7.36. The number of nitrogens with zero attached hydrogens (tertiary/aromatic N) is 1. The van der Waals surface area contributed by atoms with Crippen molar-refractivity contribution in [1.82, 2.24) is 0 Å². The van der Waals surface area contributed by atoms with Gasteiger partial charge in [0.15, 0.2) is 11.6 Å². The van der Waals surface area contributed by atoms with E-state index in [0.29, 0.717) is 18.1 Å². The van der Waals surface area contributed by atoms with Gasteiger partial charge in [0, 0.05) is 0 Å². The van der Waals surface area contributed by atoms with Gasteiger partial charge in [-0.15, -0.1) is 17.0 Å². The molecular weight excluding hydrogens is 268 g/mol. The van der Waals surface area contributed by atoms with Crippen molar-refractivity contribution in [3.05, 3.63) is 60.1 Å². The second kappa shape index (κ2) is 6.12. The van der Waals surface area contributed by atoms with E-state index in [-0.39, 0.29) is 17.0 Å². The molecule has 2 aromatic rings. The third kappa shape index (κ3) is 3.24. The minimum atomic E-state index is 0. The quantitative estimate of drug-likeness (QED) is 0.694. The summed E-state index contributed by atoms with van der Waals surface area (Å²) in [5, 5.41) is 0. The van der Waals surface area contributed by atoms with Crippen molar-refractivity contribution < 1.29 is 4.42 Å². The Kier molecular flexibility index (Phi) is 4.79. The highest BCUT2D eigenvalue weighted by molar-refractivity contribution is 8.93. The van der Waals surface area contributed by atoms with Crippen molar-refractivity contribution in [2.45, 2.75) is 6.54 Å². The van der Waals surface area contributed by atoms with E-state index in [1.54, 1.807) is 18.4 Å². The number of nitrogens with two attached hydrogens (primary N) is 1. The van der Waals surface area contributed by atoms with E-state index >= 15 is 0 Å². The van der Waals surface area contributed by atoms with Crippen molar-refractivity contribution in [1.29, 1.82) is 0 Å². The zero-order valence-electron chi connectivity index (χ0n) is 8.67. The van der Waals surface area contributed by atoms with Crippen LogP contribution in [-0.4, -0.2) is 5.84 Å². The maximum Gasteiger partial charge on any atom is 0.168 e. The van der Waals surface area contributed by atoms with Gasteiger partial charge in [-0.1, -0.05) is 30.3 Å². The highest BCUT2D eigenvalue weighted by Gasteiger charge is 1.99. The van der Waals surface area contributed by atoms with Crippen molar-refractivity contribution in [3.63, 3.8) is 0 Å². The van der Waals surface area contributed by atoms with Gasteiger partial charge in [-0.2, -0.15) is 0 Å². The maximum absolute atomic E-state index is 5.74. The maximum atomic E-state index is 5.74. The molecular formula is C12H13BrN2O. The van der Waals surface area contributed by atoms with Gasteiger partial charge in [-0.05, 0) is 17.7 Å². The van der Waals surface area contributed by atoms with E-state index in [1.165, 1.54) is 0 Å². The molecule has 0 aliphatic rings. The molecule has 0 fully saturated rings. The number of furan rings is 1. The van der Waals surface area contributed by atoms with Crippen LogP contribution >= 0.6 is 17.0 Å². The highest BCUT2D eigenvalue weighted by atomic mass is 79.9. The molecule has 1 aromatic heterocycles. The van der Waals surface area contributed by atoms with Gasteiger partial charge >= 0.3 is 0 Å². The van der Waals surface area contributed by atoms with Crippen molar-refractivity contribution in [3.8, 4) is 0 Å². The lowest BCUT2D eigenvalue weighted by molar-refractivity contribution is 0.556. The Morgan fingerprint density at radius 1 is 1.12 bits per heavy atom. The fourth-order valence-electron chi connectivity index (χ4n) is 1.26. The molecule has 1 aromatic carbocycles. The second-order valence-corrected chi connectivity index (χ2v) is 3.16. The number of aliphatic imine (C=N–C) groups is 1. The molecule has 1 heterocycles. The predicted octanol–water partition coefficient (Wildman–Crippen LogP) is 2.76. The summed E-state index contributed by atoms with van der Waals surface area (Å²) in [5.41, 5.74) is 6.88. The van der Waals surface area contributed by atoms with Gasteiger partial charge in [0.25, 0.3) is 0 Å². The zero-order chi connectivity index (χ0) is 10.5. The summed E-state index contributed by atoms with van der Waals surface area (Å²) in [7, 11) is 0. The average Bonchev–Trinajstić information content (AvgIpc) is 2.81. The standard InChI is InChI=1S/C12H12N2O.BrH/c13-12(11-7-4-8-15-11)14-9-10-5-2-1-3-6-10;/h1-8H,9H2,(H2,13,14);1H. The highest BCUT2D eigenvalue weighted by Crippen LogP contribution is 2.03. The van der Waals surface area contributed by atoms with Gasteiger partial charge < -0.3 is 10.2 Å². The second-order valence-electron chi connectivity index (χ2n) is 3.16. The van der Waals surface area contributed by atoms with Crippen LogP contribution in [0.4, 0.5) is 0 Å². The van der Waals surface area contributed by atoms with Crippen LogP contribution in [0.1, 0.15) is 11.3 Å². The van der Waals surface area contributed by atoms with Crippen LogP contribution in [0.2, 0.25) is 0 Å². The van der Waals surface area contributed by atoms with E-state index in [9.17, 15) is 0 Å². The fourth-order valence-corrected chi connectivity index (χ4v) is 1.26. The Balaban J connectivity index is 0.00000128. The number of benzene rings is 1. The topological polar surface area (TPSA) is 51.5 Å². The molecule has 2 rings (SSSR count). The average molecular weight is 281 g/mol. The molecule has 0 bridgehead atoms. The molecule has 0 spiro atoms. The number of hydrogen-bond acceptors (Lipinski definition) is 2. The molecule has 2 N–H and O–H groups in total. The Hall–Kier alpha value is -1.55. The Bertz CT molecular complexity index is 437. The molecule has 0 unspecified atom stereocenters. The lowest BCUT2D eigenvalue weighted by Crippen LogP contribution is -2.12. The molecule has 3 nitrogen and oxygen atoms in total. The van der Waals surface area contributed by atoms with Crippen molar-refractivity contribution in [2.75, 3.05) is 0 Å². The molecule has 16 heavy (non-hydrogen) atoms. The molecule has 0 saturated carbocycles. The van der Waals surface area contributed by atoms with E-state index in [0.717, 1.165) is 5.56 Å². The third-order valence-corrected chi connectivity index (χ3v) is 2.05. The monoisotopic (exact) mass is 280 g/mol. The Labute approximate surface area is 105 Å². The Morgan fingerprint density at radius 3 is 2.50 bits per heavy atom. The summed E-state index contributed by atoms with van der Waals surface area (Å²) in [6, 6.07) is 13.5. The smallest absolute Gasteiger partial charge is 0.168 e. The molecule has 0 amide bonds. The predicted molar refractivity (Wildman–Crippen MR) is 69.9 cm³/mol. The number of amidine groups is 1. The summed E-state index contributed by atoms with van der Waals surface area (Å²) in [4.78, 5) is 4.24. The lowest BCUT2D eigenvalue weighted by atomic mass is 10.2. The van der Waals surface area contributed by atoms with Gasteiger partial charge in [-0.25, -0.2) is 0 Å². The van der Waals surface area contributed by atoms with E-state index < -0.39 is 0 Å². The summed E-state index contributed by atoms with van der Waals surface area (Å²) >= 11 is 0. The molecule has 0 saturated heterocycles. The first kappa shape index (κ1) is 12.5. The molecule has 0 radical (unpaired) electrons.